The van der Waals surface area contributed by atoms with Gasteiger partial charge in [-0.25, -0.2) is 0 Å². The number of hydrogen-bond acceptors (Lipinski definition) is 6. The standard InChI is InChI=1S/C25H22N2O6/c26-22(13-15-9-11-16(12-10-15)27(31)32)23(24(28)29)25(30)33-14-21-19-7-3-1-5-17(19)18-6-2-4-8-20(18)21/h1-12,21-23H,13-14,26H2,(H,28,29)/t22?,23-/m0/s1. The molecule has 1 aliphatic rings. The van der Waals surface area contributed by atoms with Crippen LogP contribution in [-0.4, -0.2) is 34.6 Å². The van der Waals surface area contributed by atoms with Gasteiger partial charge in [0, 0.05) is 24.1 Å². The molecule has 2 atom stereocenters. The summed E-state index contributed by atoms with van der Waals surface area (Å²) in [5, 5.41) is 20.4. The first kappa shape index (κ1) is 22.2. The lowest BCUT2D eigenvalue weighted by Crippen LogP contribution is -2.43. The summed E-state index contributed by atoms with van der Waals surface area (Å²) in [7, 11) is 0. The lowest BCUT2D eigenvalue weighted by atomic mass is 9.94. The molecule has 0 aromatic heterocycles. The number of nitrogens with zero attached hydrogens (tertiary/aromatic N) is 1. The third-order valence-electron chi connectivity index (χ3n) is 5.92. The molecule has 4 rings (SSSR count). The highest BCUT2D eigenvalue weighted by Crippen LogP contribution is 2.44. The van der Waals surface area contributed by atoms with Crippen molar-refractivity contribution >= 4 is 17.6 Å². The SMILES string of the molecule is NC(Cc1ccc([N+](=O)[O-])cc1)[C@@H](C(=O)O)C(=O)OCC1c2ccccc2-c2ccccc21. The summed E-state index contributed by atoms with van der Waals surface area (Å²) in [5.74, 6) is -4.03. The number of benzene rings is 3. The molecular formula is C25H22N2O6. The quantitative estimate of drug-likeness (QED) is 0.234. The Balaban J connectivity index is 1.47. The van der Waals surface area contributed by atoms with Crippen LogP contribution in [0.3, 0.4) is 0 Å². The molecule has 0 fully saturated rings. The first-order chi connectivity index (χ1) is 15.9. The van der Waals surface area contributed by atoms with E-state index >= 15 is 0 Å². The number of nitrogens with two attached hydrogens (primary N) is 1. The molecule has 1 unspecified atom stereocenters. The third kappa shape index (κ3) is 4.47. The second kappa shape index (κ2) is 9.22. The maximum atomic E-state index is 12.8. The van der Waals surface area contributed by atoms with E-state index in [0.717, 1.165) is 22.3 Å². The fourth-order valence-electron chi connectivity index (χ4n) is 4.30. The zero-order chi connectivity index (χ0) is 23.5. The maximum Gasteiger partial charge on any atom is 0.321 e. The van der Waals surface area contributed by atoms with E-state index in [1.807, 2.05) is 48.5 Å². The maximum absolute atomic E-state index is 12.8. The van der Waals surface area contributed by atoms with Crippen molar-refractivity contribution in [3.8, 4) is 11.1 Å². The molecule has 8 heteroatoms. The molecular weight excluding hydrogens is 424 g/mol. The Bertz CT molecular complexity index is 1160. The highest BCUT2D eigenvalue weighted by molar-refractivity contribution is 5.95. The molecule has 0 spiro atoms. The van der Waals surface area contributed by atoms with E-state index in [4.69, 9.17) is 10.5 Å². The van der Waals surface area contributed by atoms with Gasteiger partial charge in [0.05, 0.1) is 4.92 Å². The predicted molar refractivity (Wildman–Crippen MR) is 121 cm³/mol. The first-order valence-corrected chi connectivity index (χ1v) is 10.4. The summed E-state index contributed by atoms with van der Waals surface area (Å²) in [5.41, 5.74) is 10.8. The summed E-state index contributed by atoms with van der Waals surface area (Å²) in [4.78, 5) is 34.9. The van der Waals surface area contributed by atoms with Crippen LogP contribution >= 0.6 is 0 Å². The van der Waals surface area contributed by atoms with Gasteiger partial charge in [-0.15, -0.1) is 0 Å². The van der Waals surface area contributed by atoms with Gasteiger partial charge in [0.15, 0.2) is 5.92 Å². The highest BCUT2D eigenvalue weighted by Gasteiger charge is 2.36. The molecule has 0 saturated heterocycles. The van der Waals surface area contributed by atoms with Gasteiger partial charge in [-0.05, 0) is 34.2 Å². The summed E-state index contributed by atoms with van der Waals surface area (Å²) < 4.78 is 5.48. The molecule has 1 aliphatic carbocycles. The average molecular weight is 446 g/mol. The van der Waals surface area contributed by atoms with E-state index in [9.17, 15) is 24.8 Å². The number of carbonyl (C=O) groups is 2. The Labute approximate surface area is 189 Å². The summed E-state index contributed by atoms with van der Waals surface area (Å²) >= 11 is 0. The topological polar surface area (TPSA) is 133 Å². The molecule has 168 valence electrons. The van der Waals surface area contributed by atoms with Crippen LogP contribution in [0, 0.1) is 16.0 Å². The number of ether oxygens (including phenoxy) is 1. The van der Waals surface area contributed by atoms with Crippen LogP contribution in [0.1, 0.15) is 22.6 Å². The molecule has 0 radical (unpaired) electrons. The monoisotopic (exact) mass is 446 g/mol. The molecule has 3 N–H and O–H groups in total. The van der Waals surface area contributed by atoms with E-state index in [-0.39, 0.29) is 24.6 Å². The van der Waals surface area contributed by atoms with Crippen LogP contribution in [0.25, 0.3) is 11.1 Å². The van der Waals surface area contributed by atoms with E-state index in [0.29, 0.717) is 5.56 Å². The molecule has 0 saturated carbocycles. The number of esters is 1. The first-order valence-electron chi connectivity index (χ1n) is 10.4. The smallest absolute Gasteiger partial charge is 0.321 e. The highest BCUT2D eigenvalue weighted by atomic mass is 16.6. The van der Waals surface area contributed by atoms with Gasteiger partial charge in [-0.1, -0.05) is 60.7 Å². The number of carbonyl (C=O) groups excluding carboxylic acids is 1. The fraction of sp³-hybridized carbons (Fsp3) is 0.200. The molecule has 33 heavy (non-hydrogen) atoms. The lowest BCUT2D eigenvalue weighted by molar-refractivity contribution is -0.384. The second-order valence-electron chi connectivity index (χ2n) is 7.96. The molecule has 0 heterocycles. The Morgan fingerprint density at radius 3 is 2.03 bits per heavy atom. The number of nitro groups is 1. The van der Waals surface area contributed by atoms with Crippen molar-refractivity contribution in [3.05, 3.63) is 99.6 Å². The van der Waals surface area contributed by atoms with Crippen molar-refractivity contribution < 1.29 is 24.4 Å². The van der Waals surface area contributed by atoms with Gasteiger partial charge < -0.3 is 15.6 Å². The number of hydrogen-bond donors (Lipinski definition) is 2. The van der Waals surface area contributed by atoms with Gasteiger partial charge in [0.1, 0.15) is 6.61 Å². The van der Waals surface area contributed by atoms with Crippen molar-refractivity contribution in [1.82, 2.24) is 0 Å². The normalized spacial score (nSPS) is 14.1. The predicted octanol–water partition coefficient (Wildman–Crippen LogP) is 3.52. The summed E-state index contributed by atoms with van der Waals surface area (Å²) in [6, 6.07) is 20.2. The Kier molecular flexibility index (Phi) is 6.19. The van der Waals surface area contributed by atoms with E-state index in [2.05, 4.69) is 0 Å². The number of fused-ring (bicyclic) bond motifs is 3. The van der Waals surface area contributed by atoms with Crippen LogP contribution in [-0.2, 0) is 20.7 Å². The van der Waals surface area contributed by atoms with E-state index < -0.39 is 28.8 Å². The molecule has 0 aliphatic heterocycles. The van der Waals surface area contributed by atoms with Crippen molar-refractivity contribution in [2.45, 2.75) is 18.4 Å². The Morgan fingerprint density at radius 2 is 1.52 bits per heavy atom. The minimum Gasteiger partial charge on any atom is -0.481 e. The zero-order valence-electron chi connectivity index (χ0n) is 17.6. The Morgan fingerprint density at radius 1 is 0.970 bits per heavy atom. The van der Waals surface area contributed by atoms with Gasteiger partial charge >= 0.3 is 11.9 Å². The number of carboxylic acid groups (broad SMARTS) is 1. The summed E-state index contributed by atoms with van der Waals surface area (Å²) in [6.45, 7) is 0.000885. The van der Waals surface area contributed by atoms with Crippen LogP contribution in [0.15, 0.2) is 72.8 Å². The van der Waals surface area contributed by atoms with Crippen molar-refractivity contribution in [2.24, 2.45) is 11.7 Å². The lowest BCUT2D eigenvalue weighted by Gasteiger charge is -2.21. The number of non-ortho nitro benzene ring substituents is 1. The number of rotatable bonds is 8. The molecule has 3 aromatic rings. The average Bonchev–Trinajstić information content (AvgIpc) is 3.11. The van der Waals surface area contributed by atoms with Gasteiger partial charge in [0.25, 0.3) is 5.69 Å². The van der Waals surface area contributed by atoms with Crippen LogP contribution in [0.2, 0.25) is 0 Å². The molecule has 3 aromatic carbocycles. The molecule has 0 bridgehead atoms. The second-order valence-corrected chi connectivity index (χ2v) is 7.96. The number of nitro benzene ring substituents is 1. The van der Waals surface area contributed by atoms with Crippen LogP contribution in [0.5, 0.6) is 0 Å². The third-order valence-corrected chi connectivity index (χ3v) is 5.92. The Hall–Kier alpha value is -4.04. The van der Waals surface area contributed by atoms with Crippen molar-refractivity contribution in [3.63, 3.8) is 0 Å². The number of aliphatic carboxylic acids is 1. The minimum absolute atomic E-state index is 0.000885. The van der Waals surface area contributed by atoms with Gasteiger partial charge in [-0.3, -0.25) is 19.7 Å². The minimum atomic E-state index is -1.56. The largest absolute Gasteiger partial charge is 0.481 e. The zero-order valence-corrected chi connectivity index (χ0v) is 17.6. The van der Waals surface area contributed by atoms with E-state index in [1.54, 1.807) is 0 Å². The summed E-state index contributed by atoms with van der Waals surface area (Å²) in [6.07, 6.45) is 0.0547. The number of carboxylic acids is 1. The fourth-order valence-corrected chi connectivity index (χ4v) is 4.30. The van der Waals surface area contributed by atoms with Crippen molar-refractivity contribution in [2.75, 3.05) is 6.61 Å². The van der Waals surface area contributed by atoms with E-state index in [1.165, 1.54) is 24.3 Å². The van der Waals surface area contributed by atoms with Crippen molar-refractivity contribution in [1.29, 1.82) is 0 Å². The molecule has 8 nitrogen and oxygen atoms in total. The van der Waals surface area contributed by atoms with Gasteiger partial charge in [0.2, 0.25) is 0 Å². The van der Waals surface area contributed by atoms with Crippen LogP contribution < -0.4 is 5.73 Å². The van der Waals surface area contributed by atoms with Gasteiger partial charge in [-0.2, -0.15) is 0 Å². The van der Waals surface area contributed by atoms with Crippen LogP contribution in [0.4, 0.5) is 5.69 Å². The molecule has 0 amide bonds.